The molecule has 0 saturated heterocycles. The van der Waals surface area contributed by atoms with Crippen LogP contribution in [0.4, 0.5) is 16.2 Å². The van der Waals surface area contributed by atoms with Crippen LogP contribution in [0.25, 0.3) is 0 Å². The lowest BCUT2D eigenvalue weighted by molar-refractivity contribution is 0.0584. The second-order valence-electron chi connectivity index (χ2n) is 5.60. The number of carbonyl (C=O) groups is 1. The van der Waals surface area contributed by atoms with Crippen LogP contribution < -0.4 is 15.4 Å². The Bertz CT molecular complexity index is 506. The smallest absolute Gasteiger partial charge is 0.414 e. The number of hydrogen-bond acceptors (Lipinski definition) is 4. The number of nitrogen functional groups attached to an aromatic ring is 1. The van der Waals surface area contributed by atoms with Crippen molar-refractivity contribution < 1.29 is 14.3 Å². The quantitative estimate of drug-likeness (QED) is 0.792. The molecule has 2 rings (SSSR count). The standard InChI is InChI=1S/C14H20N2O3/c1-14(2,3)19-13(17)16-6-5-9-7-10(15)12(18-4)8-11(9)16/h7-8H,5-6,15H2,1-4H3. The maximum atomic E-state index is 12.1. The molecule has 5 nitrogen and oxygen atoms in total. The van der Waals surface area contributed by atoms with Crippen LogP contribution in [0, 0.1) is 0 Å². The Morgan fingerprint density at radius 2 is 2.05 bits per heavy atom. The van der Waals surface area contributed by atoms with E-state index in [1.165, 1.54) is 0 Å². The van der Waals surface area contributed by atoms with Gasteiger partial charge in [0.1, 0.15) is 11.4 Å². The first-order valence-electron chi connectivity index (χ1n) is 6.29. The van der Waals surface area contributed by atoms with Gasteiger partial charge in [-0.1, -0.05) is 0 Å². The van der Waals surface area contributed by atoms with Crippen molar-refractivity contribution in [1.29, 1.82) is 0 Å². The van der Waals surface area contributed by atoms with Crippen molar-refractivity contribution in [2.45, 2.75) is 32.8 Å². The molecule has 1 aromatic rings. The second-order valence-corrected chi connectivity index (χ2v) is 5.60. The molecule has 19 heavy (non-hydrogen) atoms. The molecule has 104 valence electrons. The molecule has 0 fully saturated rings. The highest BCUT2D eigenvalue weighted by Gasteiger charge is 2.29. The predicted molar refractivity (Wildman–Crippen MR) is 74.7 cm³/mol. The SMILES string of the molecule is COc1cc2c(cc1N)CCN2C(=O)OC(C)(C)C. The fourth-order valence-electron chi connectivity index (χ4n) is 2.12. The second kappa shape index (κ2) is 4.64. The van der Waals surface area contributed by atoms with Gasteiger partial charge in [-0.25, -0.2) is 4.79 Å². The van der Waals surface area contributed by atoms with Gasteiger partial charge in [0.2, 0.25) is 0 Å². The van der Waals surface area contributed by atoms with E-state index in [4.69, 9.17) is 15.2 Å². The minimum absolute atomic E-state index is 0.335. The molecule has 1 aromatic carbocycles. The molecular weight excluding hydrogens is 244 g/mol. The zero-order chi connectivity index (χ0) is 14.2. The average molecular weight is 264 g/mol. The molecule has 0 unspecified atom stereocenters. The number of amides is 1. The molecule has 0 saturated carbocycles. The van der Waals surface area contributed by atoms with E-state index < -0.39 is 5.60 Å². The minimum atomic E-state index is -0.502. The summed E-state index contributed by atoms with van der Waals surface area (Å²) in [5.74, 6) is 0.578. The first kappa shape index (κ1) is 13.5. The molecule has 0 bridgehead atoms. The van der Waals surface area contributed by atoms with E-state index in [1.807, 2.05) is 26.8 Å². The Morgan fingerprint density at radius 1 is 1.37 bits per heavy atom. The number of ether oxygens (including phenoxy) is 2. The Kier molecular flexibility index (Phi) is 3.30. The maximum absolute atomic E-state index is 12.1. The highest BCUT2D eigenvalue weighted by atomic mass is 16.6. The van der Waals surface area contributed by atoms with E-state index in [1.54, 1.807) is 18.1 Å². The number of fused-ring (bicyclic) bond motifs is 1. The summed E-state index contributed by atoms with van der Waals surface area (Å²) < 4.78 is 10.6. The van der Waals surface area contributed by atoms with Crippen LogP contribution in [0.1, 0.15) is 26.3 Å². The van der Waals surface area contributed by atoms with E-state index in [-0.39, 0.29) is 6.09 Å². The molecule has 2 N–H and O–H groups in total. The minimum Gasteiger partial charge on any atom is -0.495 e. The van der Waals surface area contributed by atoms with Gasteiger partial charge in [-0.2, -0.15) is 0 Å². The van der Waals surface area contributed by atoms with Crippen molar-refractivity contribution in [3.05, 3.63) is 17.7 Å². The fourth-order valence-corrected chi connectivity index (χ4v) is 2.12. The number of methoxy groups -OCH3 is 1. The van der Waals surface area contributed by atoms with Gasteiger partial charge < -0.3 is 15.2 Å². The lowest BCUT2D eigenvalue weighted by Crippen LogP contribution is -2.35. The summed E-state index contributed by atoms with van der Waals surface area (Å²) in [6, 6.07) is 3.65. The summed E-state index contributed by atoms with van der Waals surface area (Å²) in [4.78, 5) is 13.8. The monoisotopic (exact) mass is 264 g/mol. The molecule has 0 aromatic heterocycles. The van der Waals surface area contributed by atoms with Crippen LogP contribution in [-0.4, -0.2) is 25.3 Å². The van der Waals surface area contributed by atoms with Gasteiger partial charge in [0, 0.05) is 12.6 Å². The van der Waals surface area contributed by atoms with Crippen molar-refractivity contribution in [3.63, 3.8) is 0 Å². The van der Waals surface area contributed by atoms with Crippen molar-refractivity contribution in [1.82, 2.24) is 0 Å². The van der Waals surface area contributed by atoms with Crippen LogP contribution in [0.2, 0.25) is 0 Å². The third kappa shape index (κ3) is 2.75. The van der Waals surface area contributed by atoms with E-state index in [9.17, 15) is 4.79 Å². The van der Waals surface area contributed by atoms with Gasteiger partial charge in [0.05, 0.1) is 18.5 Å². The van der Waals surface area contributed by atoms with Gasteiger partial charge in [-0.15, -0.1) is 0 Å². The summed E-state index contributed by atoms with van der Waals surface area (Å²) in [6.07, 6.45) is 0.445. The predicted octanol–water partition coefficient (Wildman–Crippen LogP) is 2.58. The Hall–Kier alpha value is -1.91. The highest BCUT2D eigenvalue weighted by Crippen LogP contribution is 2.36. The fraction of sp³-hybridized carbons (Fsp3) is 0.500. The van der Waals surface area contributed by atoms with Crippen molar-refractivity contribution >= 4 is 17.5 Å². The number of carbonyl (C=O) groups excluding carboxylic acids is 1. The van der Waals surface area contributed by atoms with Crippen LogP contribution >= 0.6 is 0 Å². The molecule has 0 radical (unpaired) electrons. The number of rotatable bonds is 1. The molecule has 1 amide bonds. The summed E-state index contributed by atoms with van der Waals surface area (Å²) >= 11 is 0. The topological polar surface area (TPSA) is 64.8 Å². The Labute approximate surface area is 113 Å². The Morgan fingerprint density at radius 3 is 2.63 bits per heavy atom. The lowest BCUT2D eigenvalue weighted by atomic mass is 10.1. The largest absolute Gasteiger partial charge is 0.495 e. The highest BCUT2D eigenvalue weighted by molar-refractivity contribution is 5.91. The molecule has 1 aliphatic rings. The number of nitrogens with two attached hydrogens (primary N) is 1. The van der Waals surface area contributed by atoms with Crippen LogP contribution in [0.5, 0.6) is 5.75 Å². The summed E-state index contributed by atoms with van der Waals surface area (Å²) in [7, 11) is 1.56. The van der Waals surface area contributed by atoms with E-state index >= 15 is 0 Å². The van der Waals surface area contributed by atoms with Gasteiger partial charge in [-0.3, -0.25) is 4.90 Å². The van der Waals surface area contributed by atoms with Crippen molar-refractivity contribution in [2.24, 2.45) is 0 Å². The summed E-state index contributed by atoms with van der Waals surface area (Å²) in [5, 5.41) is 0. The van der Waals surface area contributed by atoms with Gasteiger partial charge >= 0.3 is 6.09 Å². The van der Waals surface area contributed by atoms with E-state index in [0.29, 0.717) is 18.0 Å². The molecular formula is C14H20N2O3. The van der Waals surface area contributed by atoms with E-state index in [2.05, 4.69) is 0 Å². The van der Waals surface area contributed by atoms with Gasteiger partial charge in [0.15, 0.2) is 0 Å². The number of nitrogens with zero attached hydrogens (tertiary/aromatic N) is 1. The average Bonchev–Trinajstić information content (AvgIpc) is 2.68. The third-order valence-corrected chi connectivity index (χ3v) is 2.94. The molecule has 0 spiro atoms. The summed E-state index contributed by atoms with van der Waals surface area (Å²) in [6.45, 7) is 6.17. The molecule has 1 heterocycles. The summed E-state index contributed by atoms with van der Waals surface area (Å²) in [5.41, 5.74) is 7.82. The lowest BCUT2D eigenvalue weighted by Gasteiger charge is -2.25. The third-order valence-electron chi connectivity index (χ3n) is 2.94. The first-order valence-corrected chi connectivity index (χ1v) is 6.29. The molecule has 0 atom stereocenters. The maximum Gasteiger partial charge on any atom is 0.414 e. The normalized spacial score (nSPS) is 14.2. The van der Waals surface area contributed by atoms with Crippen molar-refractivity contribution in [2.75, 3.05) is 24.3 Å². The van der Waals surface area contributed by atoms with Crippen LogP contribution in [0.3, 0.4) is 0 Å². The number of benzene rings is 1. The molecule has 5 heteroatoms. The number of hydrogen-bond donors (Lipinski definition) is 1. The zero-order valence-corrected chi connectivity index (χ0v) is 11.8. The Balaban J connectivity index is 2.28. The van der Waals surface area contributed by atoms with Gasteiger partial charge in [-0.05, 0) is 38.8 Å². The molecule has 1 aliphatic heterocycles. The number of anilines is 2. The first-order chi connectivity index (χ1) is 8.81. The van der Waals surface area contributed by atoms with Crippen LogP contribution in [-0.2, 0) is 11.2 Å². The molecule has 0 aliphatic carbocycles. The van der Waals surface area contributed by atoms with Gasteiger partial charge in [0.25, 0.3) is 0 Å². The zero-order valence-electron chi connectivity index (χ0n) is 11.8. The van der Waals surface area contributed by atoms with Crippen LogP contribution in [0.15, 0.2) is 12.1 Å². The van der Waals surface area contributed by atoms with E-state index in [0.717, 1.165) is 17.7 Å². The van der Waals surface area contributed by atoms with Crippen molar-refractivity contribution in [3.8, 4) is 5.75 Å².